The van der Waals surface area contributed by atoms with Crippen LogP contribution in [0.5, 0.6) is 0 Å². The molecular formula is C13H18N4. The Morgan fingerprint density at radius 3 is 2.76 bits per heavy atom. The fraction of sp³-hybridized carbons (Fsp3) is 0.462. The highest BCUT2D eigenvalue weighted by Crippen LogP contribution is 2.09. The second-order valence-corrected chi connectivity index (χ2v) is 4.07. The van der Waals surface area contributed by atoms with Crippen LogP contribution in [-0.2, 0) is 6.42 Å². The first kappa shape index (κ1) is 11.9. The summed E-state index contributed by atoms with van der Waals surface area (Å²) in [4.78, 5) is 13.0. The van der Waals surface area contributed by atoms with Gasteiger partial charge in [-0.1, -0.05) is 13.8 Å². The highest BCUT2D eigenvalue weighted by Gasteiger charge is 2.07. The molecule has 2 aromatic heterocycles. The Morgan fingerprint density at radius 2 is 2.00 bits per heavy atom. The van der Waals surface area contributed by atoms with E-state index in [1.54, 1.807) is 12.4 Å². The largest absolute Gasteiger partial charge is 0.314 e. The first-order valence-electron chi connectivity index (χ1n) is 6.13. The average Bonchev–Trinajstić information content (AvgIpc) is 2.38. The van der Waals surface area contributed by atoms with Crippen LogP contribution >= 0.6 is 0 Å². The lowest BCUT2D eigenvalue weighted by atomic mass is 10.1. The Bertz CT molecular complexity index is 484. The van der Waals surface area contributed by atoms with E-state index in [2.05, 4.69) is 34.1 Å². The summed E-state index contributed by atoms with van der Waals surface area (Å²) in [6.07, 6.45) is 5.42. The molecule has 1 atom stereocenters. The number of nitrogens with one attached hydrogen (secondary N) is 1. The number of hydrogen-bond acceptors (Lipinski definition) is 4. The van der Waals surface area contributed by atoms with Crippen LogP contribution in [0.2, 0.25) is 0 Å². The Kier molecular flexibility index (Phi) is 3.98. The van der Waals surface area contributed by atoms with Crippen molar-refractivity contribution < 1.29 is 0 Å². The number of rotatable bonds is 5. The molecule has 90 valence electrons. The van der Waals surface area contributed by atoms with Crippen LogP contribution in [0.15, 0.2) is 24.5 Å². The van der Waals surface area contributed by atoms with Crippen LogP contribution in [0, 0.1) is 0 Å². The van der Waals surface area contributed by atoms with Crippen LogP contribution in [0.25, 0.3) is 11.2 Å². The molecule has 0 fully saturated rings. The van der Waals surface area contributed by atoms with Crippen molar-refractivity contribution in [3.05, 3.63) is 30.2 Å². The molecule has 2 aromatic rings. The first-order valence-corrected chi connectivity index (χ1v) is 6.13. The number of nitrogens with zero attached hydrogens (tertiary/aromatic N) is 3. The molecule has 0 spiro atoms. The second-order valence-electron chi connectivity index (χ2n) is 4.07. The van der Waals surface area contributed by atoms with Gasteiger partial charge < -0.3 is 5.32 Å². The van der Waals surface area contributed by atoms with E-state index < -0.39 is 0 Å². The zero-order valence-corrected chi connectivity index (χ0v) is 10.3. The zero-order chi connectivity index (χ0) is 12.1. The van der Waals surface area contributed by atoms with Gasteiger partial charge in [0.2, 0.25) is 0 Å². The normalized spacial score (nSPS) is 12.8. The van der Waals surface area contributed by atoms with Gasteiger partial charge in [0.1, 0.15) is 5.52 Å². The minimum absolute atomic E-state index is 0.488. The number of aromatic nitrogens is 3. The van der Waals surface area contributed by atoms with Crippen molar-refractivity contribution >= 4 is 11.2 Å². The zero-order valence-electron chi connectivity index (χ0n) is 10.3. The highest BCUT2D eigenvalue weighted by atomic mass is 14.9. The smallest absolute Gasteiger partial charge is 0.178 e. The molecule has 17 heavy (non-hydrogen) atoms. The molecule has 2 rings (SSSR count). The molecule has 0 radical (unpaired) electrons. The third kappa shape index (κ3) is 2.97. The molecule has 1 unspecified atom stereocenters. The van der Waals surface area contributed by atoms with Crippen molar-refractivity contribution in [1.82, 2.24) is 20.3 Å². The second kappa shape index (κ2) is 5.68. The number of fused-ring (bicyclic) bond motifs is 1. The van der Waals surface area contributed by atoms with Gasteiger partial charge >= 0.3 is 0 Å². The van der Waals surface area contributed by atoms with Crippen molar-refractivity contribution in [2.75, 3.05) is 6.54 Å². The van der Waals surface area contributed by atoms with Crippen LogP contribution < -0.4 is 5.32 Å². The van der Waals surface area contributed by atoms with Crippen LogP contribution in [0.1, 0.15) is 26.0 Å². The van der Waals surface area contributed by atoms with E-state index in [0.717, 1.165) is 36.2 Å². The minimum Gasteiger partial charge on any atom is -0.314 e. The molecule has 0 aliphatic rings. The summed E-state index contributed by atoms with van der Waals surface area (Å²) >= 11 is 0. The lowest BCUT2D eigenvalue weighted by Gasteiger charge is -2.15. The Labute approximate surface area is 102 Å². The van der Waals surface area contributed by atoms with Crippen molar-refractivity contribution in [3.8, 4) is 0 Å². The van der Waals surface area contributed by atoms with E-state index in [4.69, 9.17) is 0 Å². The molecule has 0 amide bonds. The Morgan fingerprint density at radius 1 is 1.18 bits per heavy atom. The monoisotopic (exact) mass is 230 g/mol. The first-order chi connectivity index (χ1) is 8.33. The van der Waals surface area contributed by atoms with E-state index in [-0.39, 0.29) is 0 Å². The fourth-order valence-corrected chi connectivity index (χ4v) is 1.91. The van der Waals surface area contributed by atoms with Crippen molar-refractivity contribution in [2.24, 2.45) is 0 Å². The van der Waals surface area contributed by atoms with E-state index in [1.165, 1.54) is 0 Å². The third-order valence-corrected chi connectivity index (χ3v) is 2.83. The van der Waals surface area contributed by atoms with Gasteiger partial charge in [-0.25, -0.2) is 9.97 Å². The molecule has 0 saturated heterocycles. The molecule has 1 N–H and O–H groups in total. The van der Waals surface area contributed by atoms with Crippen molar-refractivity contribution in [1.29, 1.82) is 0 Å². The van der Waals surface area contributed by atoms with E-state index in [1.807, 2.05) is 12.1 Å². The van der Waals surface area contributed by atoms with E-state index in [0.29, 0.717) is 6.04 Å². The molecule has 0 bridgehead atoms. The van der Waals surface area contributed by atoms with Gasteiger partial charge in [0.25, 0.3) is 0 Å². The van der Waals surface area contributed by atoms with Crippen molar-refractivity contribution in [2.45, 2.75) is 32.7 Å². The summed E-state index contributed by atoms with van der Waals surface area (Å²) in [7, 11) is 0. The summed E-state index contributed by atoms with van der Waals surface area (Å²) in [6.45, 7) is 5.31. The summed E-state index contributed by atoms with van der Waals surface area (Å²) in [5.74, 6) is 0. The molecule has 0 aliphatic heterocycles. The maximum absolute atomic E-state index is 4.53. The predicted octanol–water partition coefficient (Wildman–Crippen LogP) is 1.96. The van der Waals surface area contributed by atoms with Gasteiger partial charge in [0.05, 0.1) is 0 Å². The SMILES string of the molecule is CCNC(CC)Cc1ccc2nccnc2n1. The van der Waals surface area contributed by atoms with E-state index >= 15 is 0 Å². The molecule has 2 heterocycles. The van der Waals surface area contributed by atoms with Crippen LogP contribution in [0.4, 0.5) is 0 Å². The lowest BCUT2D eigenvalue weighted by molar-refractivity contribution is 0.506. The van der Waals surface area contributed by atoms with E-state index in [9.17, 15) is 0 Å². The maximum Gasteiger partial charge on any atom is 0.178 e. The highest BCUT2D eigenvalue weighted by molar-refractivity contribution is 5.68. The predicted molar refractivity (Wildman–Crippen MR) is 68.8 cm³/mol. The Balaban J connectivity index is 2.18. The topological polar surface area (TPSA) is 50.7 Å². The van der Waals surface area contributed by atoms with Gasteiger partial charge in [-0.15, -0.1) is 0 Å². The molecular weight excluding hydrogens is 212 g/mol. The summed E-state index contributed by atoms with van der Waals surface area (Å²) in [5.41, 5.74) is 2.66. The number of hydrogen-bond donors (Lipinski definition) is 1. The molecule has 4 heteroatoms. The summed E-state index contributed by atoms with van der Waals surface area (Å²) < 4.78 is 0. The molecule has 0 saturated carbocycles. The standard InChI is InChI=1S/C13H18N4/c1-3-10(14-4-2)9-11-5-6-12-13(17-11)16-8-7-15-12/h5-8,10,14H,3-4,9H2,1-2H3. The number of likely N-dealkylation sites (N-methyl/N-ethyl adjacent to an activating group) is 1. The summed E-state index contributed by atoms with van der Waals surface area (Å²) in [5, 5.41) is 3.45. The van der Waals surface area contributed by atoms with Gasteiger partial charge in [-0.3, -0.25) is 4.98 Å². The maximum atomic E-state index is 4.53. The lowest BCUT2D eigenvalue weighted by Crippen LogP contribution is -2.30. The van der Waals surface area contributed by atoms with Gasteiger partial charge in [-0.05, 0) is 25.1 Å². The summed E-state index contributed by atoms with van der Waals surface area (Å²) in [6, 6.07) is 4.52. The average molecular weight is 230 g/mol. The number of pyridine rings is 1. The van der Waals surface area contributed by atoms with Gasteiger partial charge in [0.15, 0.2) is 5.65 Å². The molecule has 4 nitrogen and oxygen atoms in total. The molecule has 0 aromatic carbocycles. The fourth-order valence-electron chi connectivity index (χ4n) is 1.91. The van der Waals surface area contributed by atoms with Gasteiger partial charge in [-0.2, -0.15) is 0 Å². The quantitative estimate of drug-likeness (QED) is 0.853. The molecule has 0 aliphatic carbocycles. The van der Waals surface area contributed by atoms with Crippen LogP contribution in [0.3, 0.4) is 0 Å². The Hall–Kier alpha value is -1.55. The minimum atomic E-state index is 0.488. The van der Waals surface area contributed by atoms with Crippen molar-refractivity contribution in [3.63, 3.8) is 0 Å². The van der Waals surface area contributed by atoms with Gasteiger partial charge in [0, 0.05) is 30.6 Å². The third-order valence-electron chi connectivity index (χ3n) is 2.83. The van der Waals surface area contributed by atoms with Crippen LogP contribution in [-0.4, -0.2) is 27.5 Å².